The van der Waals surface area contributed by atoms with Crippen molar-refractivity contribution in [2.45, 2.75) is 52.1 Å². The van der Waals surface area contributed by atoms with Crippen molar-refractivity contribution in [2.24, 2.45) is 0 Å². The molecule has 118 valence electrons. The minimum atomic E-state index is -4.69. The first-order valence-electron chi connectivity index (χ1n) is 7.15. The third-order valence-electron chi connectivity index (χ3n) is 3.15. The van der Waals surface area contributed by atoms with Gasteiger partial charge in [0.25, 0.3) is 0 Å². The van der Waals surface area contributed by atoms with Crippen molar-refractivity contribution in [3.63, 3.8) is 0 Å². The number of ketones is 1. The van der Waals surface area contributed by atoms with Gasteiger partial charge in [0.15, 0.2) is 5.78 Å². The van der Waals surface area contributed by atoms with Gasteiger partial charge in [0, 0.05) is 12.0 Å². The number of carbonyl (C=O) groups excluding carboxylic acids is 1. The van der Waals surface area contributed by atoms with Crippen LogP contribution in [0, 0.1) is 0 Å². The topological polar surface area (TPSA) is 83.5 Å². The molecule has 1 rings (SSSR count). The van der Waals surface area contributed by atoms with E-state index in [2.05, 4.69) is 11.1 Å². The van der Waals surface area contributed by atoms with Gasteiger partial charge in [0.05, 0.1) is 6.61 Å². The molecular formula is C15H21NaO5S. The predicted molar refractivity (Wildman–Crippen MR) is 78.6 cm³/mol. The van der Waals surface area contributed by atoms with Crippen molar-refractivity contribution in [3.8, 4) is 0 Å². The van der Waals surface area contributed by atoms with Crippen molar-refractivity contribution in [3.05, 3.63) is 35.4 Å². The summed E-state index contributed by atoms with van der Waals surface area (Å²) < 4.78 is 35.2. The Hall–Kier alpha value is -0.240. The van der Waals surface area contributed by atoms with E-state index in [-0.39, 0.29) is 41.9 Å². The molecule has 0 spiro atoms. The fourth-order valence-electron chi connectivity index (χ4n) is 1.96. The Morgan fingerprint density at radius 1 is 1.09 bits per heavy atom. The first kappa shape index (κ1) is 21.8. The standard InChI is InChI=1S/C15H22O5S.Na/c1-2-3-4-5-6-7-15(16)14-10-8-13(9-11-14)12-20-21(17,18)19;/h8-11H,2-7,12H2,1H3,(H,17,18,19);/q;+1/p-1. The second-order valence-corrected chi connectivity index (χ2v) is 6.01. The molecule has 1 aromatic carbocycles. The SMILES string of the molecule is CCCCCCCC(=O)c1ccc(COS(=O)(=O)[O-])cc1.[Na+]. The summed E-state index contributed by atoms with van der Waals surface area (Å²) >= 11 is 0. The van der Waals surface area contributed by atoms with Crippen molar-refractivity contribution in [1.82, 2.24) is 0 Å². The quantitative estimate of drug-likeness (QED) is 0.201. The van der Waals surface area contributed by atoms with Gasteiger partial charge in [-0.15, -0.1) is 0 Å². The monoisotopic (exact) mass is 336 g/mol. The molecule has 7 heteroatoms. The van der Waals surface area contributed by atoms with E-state index in [1.807, 2.05) is 0 Å². The first-order valence-corrected chi connectivity index (χ1v) is 8.48. The van der Waals surface area contributed by atoms with Crippen LogP contribution < -0.4 is 29.6 Å². The number of unbranched alkanes of at least 4 members (excludes halogenated alkanes) is 4. The molecular weight excluding hydrogens is 315 g/mol. The van der Waals surface area contributed by atoms with E-state index < -0.39 is 10.4 Å². The van der Waals surface area contributed by atoms with Crippen LogP contribution in [0.1, 0.15) is 61.4 Å². The van der Waals surface area contributed by atoms with Gasteiger partial charge < -0.3 is 4.55 Å². The molecule has 0 N–H and O–H groups in total. The van der Waals surface area contributed by atoms with E-state index in [4.69, 9.17) is 0 Å². The number of hydrogen-bond acceptors (Lipinski definition) is 5. The zero-order valence-electron chi connectivity index (χ0n) is 13.2. The Kier molecular flexibility index (Phi) is 11.2. The second-order valence-electron chi connectivity index (χ2n) is 4.95. The maximum atomic E-state index is 11.9. The normalized spacial score (nSPS) is 11.0. The molecule has 0 unspecified atom stereocenters. The van der Waals surface area contributed by atoms with Crippen LogP contribution in [-0.2, 0) is 21.2 Å². The average Bonchev–Trinajstić information content (AvgIpc) is 2.44. The Balaban J connectivity index is 0.00000441. The van der Waals surface area contributed by atoms with E-state index in [9.17, 15) is 17.8 Å². The van der Waals surface area contributed by atoms with Crippen LogP contribution in [0.5, 0.6) is 0 Å². The molecule has 1 aromatic rings. The second kappa shape index (κ2) is 11.3. The van der Waals surface area contributed by atoms with Crippen LogP contribution in [-0.4, -0.2) is 18.8 Å². The van der Waals surface area contributed by atoms with Crippen LogP contribution in [0.2, 0.25) is 0 Å². The van der Waals surface area contributed by atoms with E-state index in [1.54, 1.807) is 24.3 Å². The fraction of sp³-hybridized carbons (Fsp3) is 0.533. The Labute approximate surface area is 154 Å². The zero-order valence-corrected chi connectivity index (χ0v) is 16.0. The first-order chi connectivity index (χ1) is 9.92. The predicted octanol–water partition coefficient (Wildman–Crippen LogP) is 0.211. The van der Waals surface area contributed by atoms with E-state index in [1.165, 1.54) is 12.8 Å². The molecule has 5 nitrogen and oxygen atoms in total. The minimum absolute atomic E-state index is 0. The van der Waals surface area contributed by atoms with Crippen molar-refractivity contribution < 1.29 is 51.5 Å². The molecule has 0 aliphatic heterocycles. The number of carbonyl (C=O) groups is 1. The number of rotatable bonds is 10. The molecule has 0 bridgehead atoms. The zero-order chi connectivity index (χ0) is 15.7. The molecule has 0 aromatic heterocycles. The van der Waals surface area contributed by atoms with Gasteiger partial charge in [0.2, 0.25) is 10.4 Å². The van der Waals surface area contributed by atoms with Crippen LogP contribution in [0.3, 0.4) is 0 Å². The molecule has 0 heterocycles. The minimum Gasteiger partial charge on any atom is -0.726 e. The van der Waals surface area contributed by atoms with Gasteiger partial charge in [-0.3, -0.25) is 8.98 Å². The molecule has 0 fully saturated rings. The Morgan fingerprint density at radius 2 is 1.68 bits per heavy atom. The molecule has 22 heavy (non-hydrogen) atoms. The number of benzene rings is 1. The molecule has 0 aliphatic rings. The average molecular weight is 336 g/mol. The van der Waals surface area contributed by atoms with Gasteiger partial charge in [-0.25, -0.2) is 8.42 Å². The van der Waals surface area contributed by atoms with Crippen LogP contribution >= 0.6 is 0 Å². The largest absolute Gasteiger partial charge is 1.00 e. The summed E-state index contributed by atoms with van der Waals surface area (Å²) in [4.78, 5) is 11.9. The third-order valence-corrected chi connectivity index (χ3v) is 3.56. The smallest absolute Gasteiger partial charge is 0.726 e. The summed E-state index contributed by atoms with van der Waals surface area (Å²) in [6.45, 7) is 1.84. The van der Waals surface area contributed by atoms with E-state index >= 15 is 0 Å². The number of hydrogen-bond donors (Lipinski definition) is 0. The maximum Gasteiger partial charge on any atom is 1.00 e. The Bertz CT molecular complexity index is 540. The molecule has 0 amide bonds. The maximum absolute atomic E-state index is 11.9. The van der Waals surface area contributed by atoms with Crippen LogP contribution in [0.4, 0.5) is 0 Å². The Morgan fingerprint density at radius 3 is 2.23 bits per heavy atom. The van der Waals surface area contributed by atoms with Crippen molar-refractivity contribution >= 4 is 16.2 Å². The summed E-state index contributed by atoms with van der Waals surface area (Å²) in [5.41, 5.74) is 1.13. The fourth-order valence-corrected chi connectivity index (χ4v) is 2.24. The summed E-state index contributed by atoms with van der Waals surface area (Å²) in [6.07, 6.45) is 6.01. The molecule has 0 aliphatic carbocycles. The summed E-state index contributed by atoms with van der Waals surface area (Å²) in [6, 6.07) is 6.44. The molecule has 0 saturated heterocycles. The van der Waals surface area contributed by atoms with Crippen molar-refractivity contribution in [2.75, 3.05) is 0 Å². The van der Waals surface area contributed by atoms with Crippen LogP contribution in [0.25, 0.3) is 0 Å². The van der Waals surface area contributed by atoms with Gasteiger partial charge in [-0.2, -0.15) is 0 Å². The van der Waals surface area contributed by atoms with Crippen molar-refractivity contribution in [1.29, 1.82) is 0 Å². The summed E-state index contributed by atoms with van der Waals surface area (Å²) in [5.74, 6) is 0.0791. The van der Waals surface area contributed by atoms with Gasteiger partial charge in [-0.05, 0) is 12.0 Å². The molecule has 0 atom stereocenters. The van der Waals surface area contributed by atoms with Crippen LogP contribution in [0.15, 0.2) is 24.3 Å². The molecule has 0 radical (unpaired) electrons. The number of Topliss-reactive ketones (excluding diaryl/α,β-unsaturated/α-hetero) is 1. The van der Waals surface area contributed by atoms with Gasteiger partial charge >= 0.3 is 29.6 Å². The van der Waals surface area contributed by atoms with E-state index in [0.717, 1.165) is 19.3 Å². The molecule has 0 saturated carbocycles. The van der Waals surface area contributed by atoms with Gasteiger partial charge in [-0.1, -0.05) is 56.9 Å². The van der Waals surface area contributed by atoms with Gasteiger partial charge in [0.1, 0.15) is 0 Å². The summed E-state index contributed by atoms with van der Waals surface area (Å²) in [5, 5.41) is 0. The third kappa shape index (κ3) is 9.71. The summed E-state index contributed by atoms with van der Waals surface area (Å²) in [7, 11) is -4.69. The van der Waals surface area contributed by atoms with E-state index in [0.29, 0.717) is 17.5 Å².